The summed E-state index contributed by atoms with van der Waals surface area (Å²) in [6.45, 7) is 5.07. The van der Waals surface area contributed by atoms with E-state index in [-0.39, 0.29) is 16.6 Å². The van der Waals surface area contributed by atoms with Crippen molar-refractivity contribution in [3.05, 3.63) is 21.6 Å². The molecule has 0 bridgehead atoms. The molecule has 0 fully saturated rings. The van der Waals surface area contributed by atoms with Crippen molar-refractivity contribution in [1.82, 2.24) is 9.78 Å². The van der Waals surface area contributed by atoms with Crippen LogP contribution in [0.5, 0.6) is 0 Å². The molecule has 96 valence electrons. The van der Waals surface area contributed by atoms with E-state index in [0.29, 0.717) is 18.8 Å². The van der Waals surface area contributed by atoms with Gasteiger partial charge in [-0.3, -0.25) is 4.79 Å². The summed E-state index contributed by atoms with van der Waals surface area (Å²) in [5.41, 5.74) is 5.89. The van der Waals surface area contributed by atoms with Crippen LogP contribution in [0.1, 0.15) is 26.7 Å². The summed E-state index contributed by atoms with van der Waals surface area (Å²) in [5.74, 6) is 0. The van der Waals surface area contributed by atoms with Crippen LogP contribution in [0.25, 0.3) is 0 Å². The number of anilines is 1. The number of rotatable bonds is 6. The molecule has 17 heavy (non-hydrogen) atoms. The molecule has 0 spiro atoms. The minimum Gasteiger partial charge on any atom is -0.378 e. The highest BCUT2D eigenvalue weighted by Gasteiger charge is 2.11. The Hall–Kier alpha value is -1.07. The van der Waals surface area contributed by atoms with Gasteiger partial charge in [-0.2, -0.15) is 5.10 Å². The van der Waals surface area contributed by atoms with E-state index in [4.69, 9.17) is 17.3 Å². The van der Waals surface area contributed by atoms with Crippen LogP contribution in [0.15, 0.2) is 11.0 Å². The Balaban J connectivity index is 2.96. The summed E-state index contributed by atoms with van der Waals surface area (Å²) in [5, 5.41) is 7.37. The van der Waals surface area contributed by atoms with E-state index < -0.39 is 0 Å². The van der Waals surface area contributed by atoms with Crippen LogP contribution in [0.4, 0.5) is 5.69 Å². The Bertz CT molecular complexity index is 414. The van der Waals surface area contributed by atoms with Gasteiger partial charge in [0, 0.05) is 19.1 Å². The lowest BCUT2D eigenvalue weighted by Gasteiger charge is -2.17. The van der Waals surface area contributed by atoms with E-state index in [9.17, 15) is 4.79 Å². The lowest BCUT2D eigenvalue weighted by atomic mass is 10.2. The molecule has 6 heteroatoms. The Morgan fingerprint density at radius 3 is 2.82 bits per heavy atom. The molecule has 0 aliphatic rings. The molecule has 0 saturated heterocycles. The first-order valence-corrected chi connectivity index (χ1v) is 6.24. The molecule has 1 unspecified atom stereocenters. The standard InChI is InChI=1S/C11H19ClN4O/c1-3-5-16-11(17)10(12)9(7-14-16)15-8(4-2)6-13/h7-8,15H,3-6,13H2,1-2H3. The van der Waals surface area contributed by atoms with E-state index in [1.807, 2.05) is 13.8 Å². The Morgan fingerprint density at radius 1 is 1.59 bits per heavy atom. The van der Waals surface area contributed by atoms with Crippen molar-refractivity contribution < 1.29 is 0 Å². The van der Waals surface area contributed by atoms with E-state index >= 15 is 0 Å². The summed E-state index contributed by atoms with van der Waals surface area (Å²) in [7, 11) is 0. The maximum atomic E-state index is 11.8. The van der Waals surface area contributed by atoms with Crippen LogP contribution in [-0.2, 0) is 6.54 Å². The van der Waals surface area contributed by atoms with Gasteiger partial charge in [-0.05, 0) is 12.8 Å². The topological polar surface area (TPSA) is 72.9 Å². The Morgan fingerprint density at radius 2 is 2.29 bits per heavy atom. The number of hydrogen-bond donors (Lipinski definition) is 2. The smallest absolute Gasteiger partial charge is 0.287 e. The van der Waals surface area contributed by atoms with Crippen LogP contribution in [0.3, 0.4) is 0 Å². The lowest BCUT2D eigenvalue weighted by molar-refractivity contribution is 0.567. The molecule has 0 aliphatic carbocycles. The van der Waals surface area contributed by atoms with Crippen molar-refractivity contribution >= 4 is 17.3 Å². The minimum atomic E-state index is -0.259. The highest BCUT2D eigenvalue weighted by molar-refractivity contribution is 6.32. The summed E-state index contributed by atoms with van der Waals surface area (Å²) >= 11 is 6.02. The highest BCUT2D eigenvalue weighted by atomic mass is 35.5. The third-order valence-electron chi connectivity index (χ3n) is 2.56. The maximum Gasteiger partial charge on any atom is 0.287 e. The Labute approximate surface area is 106 Å². The SMILES string of the molecule is CCCn1ncc(NC(CC)CN)c(Cl)c1=O. The van der Waals surface area contributed by atoms with Crippen LogP contribution in [0.2, 0.25) is 5.02 Å². The van der Waals surface area contributed by atoms with E-state index in [2.05, 4.69) is 10.4 Å². The first-order chi connectivity index (χ1) is 8.13. The summed E-state index contributed by atoms with van der Waals surface area (Å²) in [6.07, 6.45) is 3.29. The van der Waals surface area contributed by atoms with Gasteiger partial charge in [-0.1, -0.05) is 25.4 Å². The lowest BCUT2D eigenvalue weighted by Crippen LogP contribution is -2.30. The molecule has 1 aromatic rings. The van der Waals surface area contributed by atoms with Crippen LogP contribution >= 0.6 is 11.6 Å². The average molecular weight is 259 g/mol. The highest BCUT2D eigenvalue weighted by Crippen LogP contribution is 2.16. The number of nitrogens with one attached hydrogen (secondary N) is 1. The van der Waals surface area contributed by atoms with Gasteiger partial charge in [0.05, 0.1) is 11.9 Å². The average Bonchev–Trinajstić information content (AvgIpc) is 2.34. The number of halogens is 1. The van der Waals surface area contributed by atoms with Crippen LogP contribution in [0, 0.1) is 0 Å². The molecule has 0 aliphatic heterocycles. The maximum absolute atomic E-state index is 11.8. The molecule has 1 heterocycles. The molecule has 0 aromatic carbocycles. The largest absolute Gasteiger partial charge is 0.378 e. The quantitative estimate of drug-likeness (QED) is 0.810. The van der Waals surface area contributed by atoms with Gasteiger partial charge in [0.25, 0.3) is 5.56 Å². The molecular weight excluding hydrogens is 240 g/mol. The summed E-state index contributed by atoms with van der Waals surface area (Å²) in [6, 6.07) is 0.107. The van der Waals surface area contributed by atoms with Crippen molar-refractivity contribution in [3.8, 4) is 0 Å². The number of hydrogen-bond acceptors (Lipinski definition) is 4. The van der Waals surface area contributed by atoms with Crippen molar-refractivity contribution in [1.29, 1.82) is 0 Å². The van der Waals surface area contributed by atoms with Gasteiger partial charge in [0.2, 0.25) is 0 Å². The van der Waals surface area contributed by atoms with Crippen molar-refractivity contribution in [2.45, 2.75) is 39.3 Å². The zero-order valence-corrected chi connectivity index (χ0v) is 11.0. The number of nitrogens with two attached hydrogens (primary N) is 1. The monoisotopic (exact) mass is 258 g/mol. The molecule has 0 radical (unpaired) electrons. The second-order valence-corrected chi connectivity index (χ2v) is 4.26. The summed E-state index contributed by atoms with van der Waals surface area (Å²) < 4.78 is 1.37. The third-order valence-corrected chi connectivity index (χ3v) is 2.92. The van der Waals surface area contributed by atoms with Crippen molar-refractivity contribution in [2.24, 2.45) is 5.73 Å². The van der Waals surface area contributed by atoms with Gasteiger partial charge in [0.1, 0.15) is 5.02 Å². The molecule has 0 saturated carbocycles. The predicted molar refractivity (Wildman–Crippen MR) is 70.6 cm³/mol. The molecule has 1 aromatic heterocycles. The molecule has 3 N–H and O–H groups in total. The molecule has 1 rings (SSSR count). The molecule has 1 atom stereocenters. The fourth-order valence-electron chi connectivity index (χ4n) is 1.48. The summed E-state index contributed by atoms with van der Waals surface area (Å²) in [4.78, 5) is 11.8. The van der Waals surface area contributed by atoms with Crippen LogP contribution < -0.4 is 16.6 Å². The zero-order chi connectivity index (χ0) is 12.8. The number of aromatic nitrogens is 2. The second-order valence-electron chi connectivity index (χ2n) is 3.89. The fraction of sp³-hybridized carbons (Fsp3) is 0.636. The van der Waals surface area contributed by atoms with E-state index in [1.165, 1.54) is 4.68 Å². The first-order valence-electron chi connectivity index (χ1n) is 5.86. The van der Waals surface area contributed by atoms with Crippen molar-refractivity contribution in [3.63, 3.8) is 0 Å². The molecular formula is C11H19ClN4O. The minimum absolute atomic E-state index is 0.107. The second kappa shape index (κ2) is 6.61. The molecule has 5 nitrogen and oxygen atoms in total. The van der Waals surface area contributed by atoms with E-state index in [0.717, 1.165) is 12.8 Å². The van der Waals surface area contributed by atoms with Gasteiger partial charge in [-0.15, -0.1) is 0 Å². The van der Waals surface area contributed by atoms with Crippen LogP contribution in [-0.4, -0.2) is 22.4 Å². The van der Waals surface area contributed by atoms with Gasteiger partial charge in [-0.25, -0.2) is 4.68 Å². The van der Waals surface area contributed by atoms with E-state index in [1.54, 1.807) is 6.20 Å². The number of nitrogens with zero attached hydrogens (tertiary/aromatic N) is 2. The normalized spacial score (nSPS) is 12.5. The third kappa shape index (κ3) is 3.44. The van der Waals surface area contributed by atoms with Gasteiger partial charge >= 0.3 is 0 Å². The van der Waals surface area contributed by atoms with Crippen molar-refractivity contribution in [2.75, 3.05) is 11.9 Å². The zero-order valence-electron chi connectivity index (χ0n) is 10.2. The van der Waals surface area contributed by atoms with Gasteiger partial charge < -0.3 is 11.1 Å². The molecule has 0 amide bonds. The first kappa shape index (κ1) is 14.0. The number of aryl methyl sites for hydroxylation is 1. The fourth-order valence-corrected chi connectivity index (χ4v) is 1.69. The van der Waals surface area contributed by atoms with Gasteiger partial charge in [0.15, 0.2) is 0 Å². The Kier molecular flexibility index (Phi) is 5.44. The predicted octanol–water partition coefficient (Wildman–Crippen LogP) is 1.46.